The number of hydrogen-bond acceptors (Lipinski definition) is 1. The van der Waals surface area contributed by atoms with Gasteiger partial charge in [-0.1, -0.05) is 41.9 Å². The van der Waals surface area contributed by atoms with Crippen LogP contribution in [0.5, 0.6) is 0 Å². The zero-order valence-electron chi connectivity index (χ0n) is 9.61. The van der Waals surface area contributed by atoms with E-state index in [2.05, 4.69) is 41.9 Å². The van der Waals surface area contributed by atoms with Gasteiger partial charge in [0.25, 0.3) is 0 Å². The molecule has 1 amide bonds. The molecule has 0 aliphatic carbocycles. The summed E-state index contributed by atoms with van der Waals surface area (Å²) in [4.78, 5) is 13.9. The molecule has 1 aliphatic rings. The third-order valence-corrected chi connectivity index (χ3v) is 3.54. The first-order valence-electron chi connectivity index (χ1n) is 5.62. The lowest BCUT2D eigenvalue weighted by atomic mass is 10.0. The Morgan fingerprint density at radius 3 is 2.75 bits per heavy atom. The zero-order valence-corrected chi connectivity index (χ0v) is 11.2. The van der Waals surface area contributed by atoms with E-state index < -0.39 is 0 Å². The van der Waals surface area contributed by atoms with Crippen LogP contribution in [-0.2, 0) is 4.79 Å². The summed E-state index contributed by atoms with van der Waals surface area (Å²) in [5, 5.41) is 0. The van der Waals surface area contributed by atoms with Crippen LogP contribution in [0.3, 0.4) is 0 Å². The van der Waals surface area contributed by atoms with Crippen LogP contribution in [0.4, 0.5) is 5.69 Å². The molecule has 1 unspecified atom stereocenters. The van der Waals surface area contributed by atoms with Gasteiger partial charge in [-0.3, -0.25) is 4.79 Å². The average molecular weight is 282 g/mol. The highest BCUT2D eigenvalue weighted by molar-refractivity contribution is 9.09. The summed E-state index contributed by atoms with van der Waals surface area (Å²) < 4.78 is 0. The fraction of sp³-hybridized carbons (Fsp3) is 0.462. The molecule has 1 saturated heterocycles. The normalized spacial score (nSPS) is 20.9. The minimum Gasteiger partial charge on any atom is -0.311 e. The third kappa shape index (κ3) is 2.29. The van der Waals surface area contributed by atoms with Crippen LogP contribution in [-0.4, -0.2) is 17.3 Å². The Balaban J connectivity index is 2.27. The lowest BCUT2D eigenvalue weighted by molar-refractivity contribution is -0.117. The van der Waals surface area contributed by atoms with Crippen molar-refractivity contribution in [3.05, 3.63) is 29.8 Å². The Morgan fingerprint density at radius 1 is 1.44 bits per heavy atom. The lowest BCUT2D eigenvalue weighted by Crippen LogP contribution is -2.24. The van der Waals surface area contributed by atoms with Crippen molar-refractivity contribution in [3.8, 4) is 0 Å². The largest absolute Gasteiger partial charge is 0.311 e. The molecule has 0 aromatic heterocycles. The predicted molar refractivity (Wildman–Crippen MR) is 70.2 cm³/mol. The van der Waals surface area contributed by atoms with Gasteiger partial charge in [-0.15, -0.1) is 0 Å². The van der Waals surface area contributed by atoms with Crippen LogP contribution in [0, 0.1) is 0 Å². The number of alkyl halides is 1. The van der Waals surface area contributed by atoms with E-state index in [1.54, 1.807) is 0 Å². The number of carbonyl (C=O) groups excluding carboxylic acids is 1. The van der Waals surface area contributed by atoms with E-state index in [0.29, 0.717) is 17.2 Å². The minimum absolute atomic E-state index is 0.211. The van der Waals surface area contributed by atoms with Crippen molar-refractivity contribution in [2.24, 2.45) is 0 Å². The van der Waals surface area contributed by atoms with Gasteiger partial charge in [0.2, 0.25) is 5.91 Å². The molecule has 86 valence electrons. The molecule has 0 saturated carbocycles. The van der Waals surface area contributed by atoms with Gasteiger partial charge in [0.05, 0.1) is 0 Å². The van der Waals surface area contributed by atoms with E-state index in [9.17, 15) is 4.79 Å². The molecule has 16 heavy (non-hydrogen) atoms. The molecule has 1 aromatic carbocycles. The summed E-state index contributed by atoms with van der Waals surface area (Å²) in [5.41, 5.74) is 2.31. The number of amides is 1. The van der Waals surface area contributed by atoms with Gasteiger partial charge < -0.3 is 4.90 Å². The Hall–Kier alpha value is -0.830. The number of halogens is 1. The molecular formula is C13H16BrNO. The first-order valence-corrected chi connectivity index (χ1v) is 6.54. The van der Waals surface area contributed by atoms with Gasteiger partial charge in [0.15, 0.2) is 0 Å². The maximum atomic E-state index is 11.8. The molecule has 1 heterocycles. The first kappa shape index (κ1) is 11.6. The zero-order chi connectivity index (χ0) is 11.7. The molecule has 1 fully saturated rings. The van der Waals surface area contributed by atoms with Gasteiger partial charge in [0, 0.05) is 23.5 Å². The van der Waals surface area contributed by atoms with Gasteiger partial charge in [-0.05, 0) is 23.6 Å². The van der Waals surface area contributed by atoms with Crippen molar-refractivity contribution in [2.75, 3.05) is 11.4 Å². The van der Waals surface area contributed by atoms with Gasteiger partial charge in [-0.2, -0.15) is 0 Å². The van der Waals surface area contributed by atoms with Gasteiger partial charge >= 0.3 is 0 Å². The molecular weight excluding hydrogens is 266 g/mol. The van der Waals surface area contributed by atoms with Gasteiger partial charge in [0.1, 0.15) is 0 Å². The fourth-order valence-corrected chi connectivity index (χ4v) is 2.53. The maximum absolute atomic E-state index is 11.8. The molecule has 0 radical (unpaired) electrons. The van der Waals surface area contributed by atoms with Crippen LogP contribution in [0.25, 0.3) is 0 Å². The van der Waals surface area contributed by atoms with E-state index in [-0.39, 0.29) is 5.91 Å². The van der Waals surface area contributed by atoms with Crippen molar-refractivity contribution >= 4 is 27.5 Å². The summed E-state index contributed by atoms with van der Waals surface area (Å²) in [7, 11) is 0. The van der Waals surface area contributed by atoms with E-state index in [4.69, 9.17) is 0 Å². The number of carbonyl (C=O) groups is 1. The summed E-state index contributed by atoms with van der Waals surface area (Å²) in [6.07, 6.45) is 0.603. The molecule has 1 aromatic rings. The Kier molecular flexibility index (Phi) is 3.33. The van der Waals surface area contributed by atoms with Gasteiger partial charge in [-0.25, -0.2) is 0 Å². The van der Waals surface area contributed by atoms with E-state index >= 15 is 0 Å². The van der Waals surface area contributed by atoms with Crippen LogP contribution >= 0.6 is 15.9 Å². The Labute approximate surface area is 105 Å². The smallest absolute Gasteiger partial charge is 0.228 e. The topological polar surface area (TPSA) is 20.3 Å². The number of hydrogen-bond donors (Lipinski definition) is 0. The maximum Gasteiger partial charge on any atom is 0.228 e. The number of nitrogens with zero attached hydrogens (tertiary/aromatic N) is 1. The van der Waals surface area contributed by atoms with Crippen LogP contribution in [0.1, 0.15) is 31.7 Å². The summed E-state index contributed by atoms with van der Waals surface area (Å²) in [5.74, 6) is 0.709. The van der Waals surface area contributed by atoms with Crippen LogP contribution in [0.2, 0.25) is 0 Å². The second-order valence-corrected chi connectivity index (χ2v) is 5.85. The quantitative estimate of drug-likeness (QED) is 0.762. The predicted octanol–water partition coefficient (Wildman–Crippen LogP) is 3.31. The molecule has 1 aliphatic heterocycles. The number of anilines is 1. The van der Waals surface area contributed by atoms with E-state index in [1.807, 2.05) is 17.0 Å². The SMILES string of the molecule is CC(C)c1cccc(N2CC(Br)CC2=O)c1. The fourth-order valence-electron chi connectivity index (χ4n) is 1.97. The molecule has 2 rings (SSSR count). The van der Waals surface area contributed by atoms with Crippen molar-refractivity contribution in [3.63, 3.8) is 0 Å². The molecule has 0 bridgehead atoms. The summed E-state index contributed by atoms with van der Waals surface area (Å²) in [6, 6.07) is 8.27. The summed E-state index contributed by atoms with van der Waals surface area (Å²) >= 11 is 3.50. The minimum atomic E-state index is 0.211. The average Bonchev–Trinajstić information content (AvgIpc) is 2.58. The van der Waals surface area contributed by atoms with Crippen LogP contribution < -0.4 is 4.90 Å². The highest BCUT2D eigenvalue weighted by Gasteiger charge is 2.28. The molecule has 1 atom stereocenters. The molecule has 2 nitrogen and oxygen atoms in total. The van der Waals surface area contributed by atoms with Crippen molar-refractivity contribution in [1.82, 2.24) is 0 Å². The number of rotatable bonds is 2. The standard InChI is InChI=1S/C13H16BrNO/c1-9(2)10-4-3-5-12(6-10)15-8-11(14)7-13(15)16/h3-6,9,11H,7-8H2,1-2H3. The first-order chi connectivity index (χ1) is 7.58. The van der Waals surface area contributed by atoms with Crippen molar-refractivity contribution < 1.29 is 4.79 Å². The van der Waals surface area contributed by atoms with Crippen molar-refractivity contribution in [2.45, 2.75) is 31.0 Å². The second-order valence-electron chi connectivity index (χ2n) is 4.56. The Morgan fingerprint density at radius 2 is 2.19 bits per heavy atom. The number of benzene rings is 1. The Bertz CT molecular complexity index is 403. The second kappa shape index (κ2) is 4.58. The highest BCUT2D eigenvalue weighted by Crippen LogP contribution is 2.27. The lowest BCUT2D eigenvalue weighted by Gasteiger charge is -2.17. The highest BCUT2D eigenvalue weighted by atomic mass is 79.9. The molecule has 0 N–H and O–H groups in total. The van der Waals surface area contributed by atoms with Crippen LogP contribution in [0.15, 0.2) is 24.3 Å². The molecule has 3 heteroatoms. The van der Waals surface area contributed by atoms with E-state index in [1.165, 1.54) is 5.56 Å². The monoisotopic (exact) mass is 281 g/mol. The third-order valence-electron chi connectivity index (χ3n) is 2.93. The van der Waals surface area contributed by atoms with E-state index in [0.717, 1.165) is 12.2 Å². The van der Waals surface area contributed by atoms with Crippen molar-refractivity contribution in [1.29, 1.82) is 0 Å². The summed E-state index contributed by atoms with van der Waals surface area (Å²) in [6.45, 7) is 5.11. The molecule has 0 spiro atoms.